The number of aliphatic imine (C=N–C) groups is 1. The number of anilines is 1. The van der Waals surface area contributed by atoms with Gasteiger partial charge in [0.25, 0.3) is 0 Å². The molecule has 0 spiro atoms. The molecule has 1 unspecified atom stereocenters. The van der Waals surface area contributed by atoms with Gasteiger partial charge >= 0.3 is 0 Å². The average molecular weight is 555 g/mol. The maximum absolute atomic E-state index is 12.0. The lowest BCUT2D eigenvalue weighted by Gasteiger charge is -2.35. The molecule has 1 saturated heterocycles. The fourth-order valence-electron chi connectivity index (χ4n) is 3.53. The maximum atomic E-state index is 12.0. The van der Waals surface area contributed by atoms with Gasteiger partial charge in [-0.15, -0.1) is 24.0 Å². The minimum absolute atomic E-state index is 0. The molecule has 2 heterocycles. The van der Waals surface area contributed by atoms with E-state index in [0.717, 1.165) is 49.5 Å². The number of ether oxygens (including phenoxy) is 1. The number of carbonyl (C=O) groups is 1. The molecular formula is C23H34IN5O3. The Morgan fingerprint density at radius 2 is 2.16 bits per heavy atom. The first-order chi connectivity index (χ1) is 15.0. The van der Waals surface area contributed by atoms with Crippen LogP contribution in [0.2, 0.25) is 0 Å². The van der Waals surface area contributed by atoms with Crippen LogP contribution in [-0.4, -0.2) is 70.2 Å². The van der Waals surface area contributed by atoms with Crippen LogP contribution in [0.25, 0.3) is 0 Å². The first kappa shape index (κ1) is 25.8. The molecule has 176 valence electrons. The molecule has 1 fully saturated rings. The average Bonchev–Trinajstić information content (AvgIpc) is 3.30. The van der Waals surface area contributed by atoms with E-state index in [0.29, 0.717) is 12.5 Å². The largest absolute Gasteiger partial charge is 0.497 e. The summed E-state index contributed by atoms with van der Waals surface area (Å²) in [5.74, 6) is 2.39. The molecule has 0 bridgehead atoms. The Hall–Kier alpha value is -2.43. The van der Waals surface area contributed by atoms with Gasteiger partial charge in [-0.25, -0.2) is 4.99 Å². The Bertz CT molecular complexity index is 857. The smallest absolute Gasteiger partial charge is 0.243 e. The second-order valence-corrected chi connectivity index (χ2v) is 7.84. The molecule has 0 radical (unpaired) electrons. The van der Waals surface area contributed by atoms with Crippen LogP contribution in [0, 0.1) is 0 Å². The van der Waals surface area contributed by atoms with E-state index in [2.05, 4.69) is 32.7 Å². The van der Waals surface area contributed by atoms with E-state index in [1.165, 1.54) is 0 Å². The molecule has 1 atom stereocenters. The van der Waals surface area contributed by atoms with Crippen molar-refractivity contribution in [2.45, 2.75) is 25.3 Å². The third kappa shape index (κ3) is 7.92. The molecule has 2 N–H and O–H groups in total. The Kier molecular flexibility index (Phi) is 10.6. The van der Waals surface area contributed by atoms with Gasteiger partial charge in [0.15, 0.2) is 5.96 Å². The normalized spacial score (nSPS) is 16.2. The van der Waals surface area contributed by atoms with Gasteiger partial charge in [0, 0.05) is 57.9 Å². The number of piperidine rings is 1. The van der Waals surface area contributed by atoms with Crippen LogP contribution in [0.4, 0.5) is 5.69 Å². The lowest BCUT2D eigenvalue weighted by atomic mass is 10.0. The van der Waals surface area contributed by atoms with Gasteiger partial charge in [-0.3, -0.25) is 4.79 Å². The molecule has 9 heteroatoms. The first-order valence-corrected chi connectivity index (χ1v) is 10.7. The van der Waals surface area contributed by atoms with E-state index < -0.39 is 0 Å². The van der Waals surface area contributed by atoms with E-state index in [4.69, 9.17) is 9.15 Å². The van der Waals surface area contributed by atoms with Crippen LogP contribution in [0.5, 0.6) is 5.75 Å². The summed E-state index contributed by atoms with van der Waals surface area (Å²) >= 11 is 0. The van der Waals surface area contributed by atoms with Crippen molar-refractivity contribution in [3.8, 4) is 5.75 Å². The summed E-state index contributed by atoms with van der Waals surface area (Å²) in [5, 5.41) is 6.87. The Morgan fingerprint density at radius 3 is 2.88 bits per heavy atom. The summed E-state index contributed by atoms with van der Waals surface area (Å²) in [6.45, 7) is 2.63. The molecule has 32 heavy (non-hydrogen) atoms. The van der Waals surface area contributed by atoms with Gasteiger partial charge in [0.05, 0.1) is 13.4 Å². The number of hydrogen-bond donors (Lipinski definition) is 2. The van der Waals surface area contributed by atoms with E-state index in [1.54, 1.807) is 32.4 Å². The van der Waals surface area contributed by atoms with E-state index >= 15 is 0 Å². The number of hydrogen-bond acceptors (Lipinski definition) is 5. The molecule has 0 aliphatic carbocycles. The minimum atomic E-state index is -0.0335. The fraction of sp³-hybridized carbons (Fsp3) is 0.478. The van der Waals surface area contributed by atoms with Crippen molar-refractivity contribution in [3.05, 3.63) is 48.4 Å². The van der Waals surface area contributed by atoms with Crippen LogP contribution in [0.1, 0.15) is 18.6 Å². The molecular weight excluding hydrogens is 521 g/mol. The molecule has 2 aromatic rings. The second kappa shape index (κ2) is 13.2. The predicted molar refractivity (Wildman–Crippen MR) is 138 cm³/mol. The van der Waals surface area contributed by atoms with Gasteiger partial charge in [-0.1, -0.05) is 6.07 Å². The monoisotopic (exact) mass is 555 g/mol. The lowest BCUT2D eigenvalue weighted by molar-refractivity contribution is -0.127. The van der Waals surface area contributed by atoms with E-state index in [-0.39, 0.29) is 42.5 Å². The number of likely N-dealkylation sites (N-methyl/N-ethyl adjacent to an activating group) is 1. The minimum Gasteiger partial charge on any atom is -0.497 e. The summed E-state index contributed by atoms with van der Waals surface area (Å²) < 4.78 is 10.8. The molecule has 1 aliphatic heterocycles. The zero-order chi connectivity index (χ0) is 22.1. The Labute approximate surface area is 207 Å². The topological polar surface area (TPSA) is 82.3 Å². The predicted octanol–water partition coefficient (Wildman–Crippen LogP) is 2.74. The van der Waals surface area contributed by atoms with Crippen LogP contribution < -0.4 is 20.3 Å². The van der Waals surface area contributed by atoms with Crippen LogP contribution in [0.15, 0.2) is 52.1 Å². The maximum Gasteiger partial charge on any atom is 0.243 e. The summed E-state index contributed by atoms with van der Waals surface area (Å²) in [6, 6.07) is 12.2. The number of furan rings is 1. The van der Waals surface area contributed by atoms with Crippen molar-refractivity contribution in [2.75, 3.05) is 52.3 Å². The number of benzene rings is 1. The quantitative estimate of drug-likeness (QED) is 0.296. The molecule has 1 aliphatic rings. The zero-order valence-electron chi connectivity index (χ0n) is 19.0. The number of rotatable bonds is 8. The van der Waals surface area contributed by atoms with Crippen molar-refractivity contribution < 1.29 is 13.9 Å². The number of nitrogens with zero attached hydrogens (tertiary/aromatic N) is 3. The highest BCUT2D eigenvalue weighted by molar-refractivity contribution is 14.0. The number of nitrogens with one attached hydrogen (secondary N) is 2. The van der Waals surface area contributed by atoms with Gasteiger partial charge in [-0.2, -0.15) is 0 Å². The number of amides is 1. The zero-order valence-corrected chi connectivity index (χ0v) is 21.4. The standard InChI is InChI=1S/C23H33N5O3.HI/c1-27(2)22(29)16-25-23(24-12-11-20-10-6-14-31-20)26-18-7-5-13-28(17-18)19-8-4-9-21(15-19)30-3;/h4,6,8-10,14-15,18H,5,7,11-13,16-17H2,1-3H3,(H2,24,25,26);1H. The highest BCUT2D eigenvalue weighted by Gasteiger charge is 2.21. The SMILES string of the molecule is COc1cccc(N2CCCC(NC(=NCC(=O)N(C)C)NCCc3ccco3)C2)c1.I. The van der Waals surface area contributed by atoms with Gasteiger partial charge < -0.3 is 29.6 Å². The Balaban J connectivity index is 0.00000363. The number of carbonyl (C=O) groups excluding carboxylic acids is 1. The van der Waals surface area contributed by atoms with Gasteiger partial charge in [0.1, 0.15) is 18.1 Å². The van der Waals surface area contributed by atoms with Crippen molar-refractivity contribution in [3.63, 3.8) is 0 Å². The van der Waals surface area contributed by atoms with E-state index in [9.17, 15) is 4.79 Å². The lowest BCUT2D eigenvalue weighted by Crippen LogP contribution is -2.51. The highest BCUT2D eigenvalue weighted by atomic mass is 127. The van der Waals surface area contributed by atoms with Crippen LogP contribution in [-0.2, 0) is 11.2 Å². The molecule has 0 saturated carbocycles. The van der Waals surface area contributed by atoms with Gasteiger partial charge in [-0.05, 0) is 37.1 Å². The fourth-order valence-corrected chi connectivity index (χ4v) is 3.53. The third-order valence-corrected chi connectivity index (χ3v) is 5.30. The summed E-state index contributed by atoms with van der Waals surface area (Å²) in [7, 11) is 5.16. The number of halogens is 1. The number of methoxy groups -OCH3 is 1. The van der Waals surface area contributed by atoms with Crippen molar-refractivity contribution >= 4 is 41.5 Å². The highest BCUT2D eigenvalue weighted by Crippen LogP contribution is 2.24. The molecule has 1 aromatic carbocycles. The number of guanidine groups is 1. The van der Waals surface area contributed by atoms with Gasteiger partial charge in [0.2, 0.25) is 5.91 Å². The van der Waals surface area contributed by atoms with Crippen molar-refractivity contribution in [2.24, 2.45) is 4.99 Å². The summed E-state index contributed by atoms with van der Waals surface area (Å²) in [4.78, 5) is 20.4. The van der Waals surface area contributed by atoms with Crippen LogP contribution in [0.3, 0.4) is 0 Å². The molecule has 1 amide bonds. The molecule has 3 rings (SSSR count). The van der Waals surface area contributed by atoms with Crippen molar-refractivity contribution in [1.82, 2.24) is 15.5 Å². The molecule has 1 aromatic heterocycles. The summed E-state index contributed by atoms with van der Waals surface area (Å²) in [5.41, 5.74) is 1.15. The first-order valence-electron chi connectivity index (χ1n) is 10.7. The summed E-state index contributed by atoms with van der Waals surface area (Å²) in [6.07, 6.45) is 4.54. The third-order valence-electron chi connectivity index (χ3n) is 5.30. The second-order valence-electron chi connectivity index (χ2n) is 7.84. The Morgan fingerprint density at radius 1 is 1.31 bits per heavy atom. The molecule has 8 nitrogen and oxygen atoms in total. The van der Waals surface area contributed by atoms with Crippen LogP contribution >= 0.6 is 24.0 Å². The van der Waals surface area contributed by atoms with E-state index in [1.807, 2.05) is 24.3 Å². The van der Waals surface area contributed by atoms with Crippen molar-refractivity contribution in [1.29, 1.82) is 0 Å².